The number of hydrogen-bond acceptors (Lipinski definition) is 5. The van der Waals surface area contributed by atoms with Gasteiger partial charge in [-0.2, -0.15) is 4.68 Å². The van der Waals surface area contributed by atoms with Crippen LogP contribution in [0.3, 0.4) is 0 Å². The normalized spacial score (nSPS) is 23.1. The highest BCUT2D eigenvalue weighted by molar-refractivity contribution is 5.85. The summed E-state index contributed by atoms with van der Waals surface area (Å²) in [6, 6.07) is 0.0166. The molecular weight excluding hydrogens is 385 g/mol. The van der Waals surface area contributed by atoms with Crippen molar-refractivity contribution in [3.63, 3.8) is 0 Å². The van der Waals surface area contributed by atoms with Gasteiger partial charge < -0.3 is 16.5 Å². The van der Waals surface area contributed by atoms with Crippen molar-refractivity contribution in [3.05, 3.63) is 44.0 Å². The monoisotopic (exact) mass is 411 g/mol. The summed E-state index contributed by atoms with van der Waals surface area (Å²) in [6.07, 6.45) is 2.92. The number of hydrogen-bond donors (Lipinski definition) is 2. The standard InChI is InChI=1S/C19H26FN5O2.ClH/c1-9-6-23(7-13(9)11(3)21)16-10(2)17-15(12-4-5-12)18(26)25(22)19(27)24(17)8-14(16)20;/h8-9,11-13H,4-7,21-22H2,1-3H3;1H. The minimum Gasteiger partial charge on any atom is -0.368 e. The number of nitrogens with two attached hydrogens (primary N) is 2. The quantitative estimate of drug-likeness (QED) is 0.742. The van der Waals surface area contributed by atoms with Crippen molar-refractivity contribution in [1.82, 2.24) is 9.08 Å². The van der Waals surface area contributed by atoms with Crippen molar-refractivity contribution < 1.29 is 4.39 Å². The van der Waals surface area contributed by atoms with E-state index in [1.54, 1.807) is 6.92 Å². The fourth-order valence-electron chi connectivity index (χ4n) is 4.61. The molecule has 154 valence electrons. The molecule has 7 nitrogen and oxygen atoms in total. The molecule has 2 aliphatic rings. The number of aryl methyl sites for hydroxylation is 1. The zero-order valence-electron chi connectivity index (χ0n) is 16.3. The predicted octanol–water partition coefficient (Wildman–Crippen LogP) is 1.34. The van der Waals surface area contributed by atoms with Crippen molar-refractivity contribution in [2.24, 2.45) is 17.6 Å². The highest BCUT2D eigenvalue weighted by Crippen LogP contribution is 2.42. The van der Waals surface area contributed by atoms with E-state index in [4.69, 9.17) is 11.6 Å². The number of rotatable bonds is 3. The van der Waals surface area contributed by atoms with Gasteiger partial charge in [0.05, 0.1) is 17.4 Å². The van der Waals surface area contributed by atoms with E-state index in [0.29, 0.717) is 46.0 Å². The van der Waals surface area contributed by atoms with Crippen molar-refractivity contribution in [2.45, 2.75) is 45.6 Å². The Morgan fingerprint density at radius 1 is 1.25 bits per heavy atom. The van der Waals surface area contributed by atoms with Crippen LogP contribution in [-0.2, 0) is 0 Å². The Hall–Kier alpha value is -2.06. The van der Waals surface area contributed by atoms with Gasteiger partial charge in [0.15, 0.2) is 5.82 Å². The summed E-state index contributed by atoms with van der Waals surface area (Å²) < 4.78 is 16.9. The fraction of sp³-hybridized carbons (Fsp3) is 0.579. The molecule has 1 aliphatic heterocycles. The molecule has 3 unspecified atom stereocenters. The Bertz CT molecular complexity index is 1040. The summed E-state index contributed by atoms with van der Waals surface area (Å²) >= 11 is 0. The zero-order chi connectivity index (χ0) is 19.6. The maximum absolute atomic E-state index is 15.1. The van der Waals surface area contributed by atoms with Crippen molar-refractivity contribution in [2.75, 3.05) is 23.8 Å². The Kier molecular flexibility index (Phi) is 5.22. The van der Waals surface area contributed by atoms with Crippen molar-refractivity contribution in [3.8, 4) is 0 Å². The molecule has 3 atom stereocenters. The molecule has 1 aliphatic carbocycles. The molecule has 9 heteroatoms. The van der Waals surface area contributed by atoms with Gasteiger partial charge in [0.2, 0.25) is 0 Å². The van der Waals surface area contributed by atoms with E-state index in [0.717, 1.165) is 12.8 Å². The molecule has 0 amide bonds. The average molecular weight is 412 g/mol. The number of halogens is 2. The van der Waals surface area contributed by atoms with Gasteiger partial charge in [-0.1, -0.05) is 6.92 Å². The molecule has 0 bridgehead atoms. The summed E-state index contributed by atoms with van der Waals surface area (Å²) in [4.78, 5) is 27.1. The molecule has 0 spiro atoms. The van der Waals surface area contributed by atoms with Crippen LogP contribution in [0.5, 0.6) is 0 Å². The number of nitrogens with zero attached hydrogens (tertiary/aromatic N) is 3. The third-order valence-electron chi connectivity index (χ3n) is 6.18. The molecule has 2 aromatic rings. The van der Waals surface area contributed by atoms with Crippen molar-refractivity contribution in [1.29, 1.82) is 0 Å². The SMILES string of the molecule is Cc1c(N2CC(C)C(C(C)N)C2)c(F)cn2c(=O)n(N)c(=O)c(C3CC3)c12.Cl. The Morgan fingerprint density at radius 2 is 1.89 bits per heavy atom. The molecule has 0 aromatic carbocycles. The molecular formula is C19H27ClFN5O2. The summed E-state index contributed by atoms with van der Waals surface area (Å²) in [7, 11) is 0. The number of nitrogen functional groups attached to an aromatic ring is 1. The lowest BCUT2D eigenvalue weighted by Crippen LogP contribution is -2.44. The minimum atomic E-state index is -0.726. The van der Waals surface area contributed by atoms with E-state index in [-0.39, 0.29) is 30.3 Å². The Balaban J connectivity index is 0.00000225. The second-order valence-corrected chi connectivity index (χ2v) is 8.22. The lowest BCUT2D eigenvalue weighted by Gasteiger charge is -2.24. The molecule has 1 saturated carbocycles. The van der Waals surface area contributed by atoms with Gasteiger partial charge in [-0.3, -0.25) is 9.20 Å². The second kappa shape index (κ2) is 7.08. The minimum absolute atomic E-state index is 0. The van der Waals surface area contributed by atoms with Gasteiger partial charge in [-0.05, 0) is 44.4 Å². The number of aromatic nitrogens is 2. The molecule has 1 saturated heterocycles. The summed E-state index contributed by atoms with van der Waals surface area (Å²) in [5, 5.41) is 0. The first kappa shape index (κ1) is 20.7. The highest BCUT2D eigenvalue weighted by atomic mass is 35.5. The van der Waals surface area contributed by atoms with Crippen LogP contribution in [0.25, 0.3) is 5.52 Å². The molecule has 4 N–H and O–H groups in total. The highest BCUT2D eigenvalue weighted by Gasteiger charge is 2.36. The number of anilines is 1. The van der Waals surface area contributed by atoms with Gasteiger partial charge in [-0.25, -0.2) is 9.18 Å². The number of pyridine rings is 1. The topological polar surface area (TPSA) is 98.8 Å². The lowest BCUT2D eigenvalue weighted by atomic mass is 9.92. The lowest BCUT2D eigenvalue weighted by molar-refractivity contribution is 0.390. The van der Waals surface area contributed by atoms with Crippen LogP contribution < -0.4 is 27.7 Å². The number of fused-ring (bicyclic) bond motifs is 1. The van der Waals surface area contributed by atoms with Gasteiger partial charge in [0.25, 0.3) is 5.56 Å². The van der Waals surface area contributed by atoms with E-state index in [1.807, 2.05) is 11.8 Å². The molecule has 4 rings (SSSR count). The van der Waals surface area contributed by atoms with E-state index >= 15 is 4.39 Å². The fourth-order valence-corrected chi connectivity index (χ4v) is 4.61. The van der Waals surface area contributed by atoms with Crippen LogP contribution >= 0.6 is 12.4 Å². The Labute approximate surface area is 168 Å². The van der Waals surface area contributed by atoms with Gasteiger partial charge in [0, 0.05) is 30.3 Å². The van der Waals surface area contributed by atoms with Crippen LogP contribution in [0.1, 0.15) is 43.7 Å². The molecule has 2 aromatic heterocycles. The van der Waals surface area contributed by atoms with Crippen molar-refractivity contribution >= 4 is 23.6 Å². The first-order valence-electron chi connectivity index (χ1n) is 9.48. The maximum Gasteiger partial charge on any atom is 0.354 e. The summed E-state index contributed by atoms with van der Waals surface area (Å²) in [6.45, 7) is 7.22. The molecule has 0 radical (unpaired) electrons. The zero-order valence-corrected chi connectivity index (χ0v) is 17.1. The van der Waals surface area contributed by atoms with Crippen LogP contribution in [0, 0.1) is 24.6 Å². The smallest absolute Gasteiger partial charge is 0.354 e. The maximum atomic E-state index is 15.1. The third-order valence-corrected chi connectivity index (χ3v) is 6.18. The van der Waals surface area contributed by atoms with Crippen LogP contribution in [0.2, 0.25) is 0 Å². The van der Waals surface area contributed by atoms with Crippen LogP contribution in [0.4, 0.5) is 10.1 Å². The Morgan fingerprint density at radius 3 is 2.43 bits per heavy atom. The van der Waals surface area contributed by atoms with Gasteiger partial charge in [0.1, 0.15) is 0 Å². The summed E-state index contributed by atoms with van der Waals surface area (Å²) in [5.41, 5.74) is 6.99. The van der Waals surface area contributed by atoms with Gasteiger partial charge >= 0.3 is 5.69 Å². The first-order chi connectivity index (χ1) is 12.7. The predicted molar refractivity (Wildman–Crippen MR) is 111 cm³/mol. The van der Waals surface area contributed by atoms with Crippen LogP contribution in [0.15, 0.2) is 15.8 Å². The molecule has 3 heterocycles. The summed E-state index contributed by atoms with van der Waals surface area (Å²) in [5.74, 6) is 5.86. The van der Waals surface area contributed by atoms with Gasteiger partial charge in [-0.15, -0.1) is 12.4 Å². The third kappa shape index (κ3) is 2.99. The molecule has 28 heavy (non-hydrogen) atoms. The van der Waals surface area contributed by atoms with E-state index in [1.165, 1.54) is 10.6 Å². The van der Waals surface area contributed by atoms with E-state index < -0.39 is 17.1 Å². The average Bonchev–Trinajstić information content (AvgIpc) is 3.36. The second-order valence-electron chi connectivity index (χ2n) is 8.22. The van der Waals surface area contributed by atoms with E-state index in [2.05, 4.69) is 6.92 Å². The largest absolute Gasteiger partial charge is 0.368 e. The molecule has 2 fully saturated rings. The van der Waals surface area contributed by atoms with Crippen LogP contribution in [-0.4, -0.2) is 28.2 Å². The first-order valence-corrected chi connectivity index (χ1v) is 9.48. The van der Waals surface area contributed by atoms with E-state index in [9.17, 15) is 9.59 Å².